The summed E-state index contributed by atoms with van der Waals surface area (Å²) in [5.41, 5.74) is 0.505. The molecule has 1 atom stereocenters. The number of rotatable bonds is 8. The monoisotopic (exact) mass is 356 g/mol. The molecule has 24 heavy (non-hydrogen) atoms. The summed E-state index contributed by atoms with van der Waals surface area (Å²) in [7, 11) is -1.93. The second-order valence-electron chi connectivity index (χ2n) is 5.72. The van der Waals surface area contributed by atoms with E-state index in [-0.39, 0.29) is 25.0 Å². The van der Waals surface area contributed by atoms with Gasteiger partial charge in [0.15, 0.2) is 0 Å². The Hall–Kier alpha value is -1.80. The number of benzene rings is 1. The van der Waals surface area contributed by atoms with Crippen molar-refractivity contribution in [3.63, 3.8) is 0 Å². The van der Waals surface area contributed by atoms with Gasteiger partial charge in [0, 0.05) is 26.1 Å². The highest BCUT2D eigenvalue weighted by Crippen LogP contribution is 2.21. The Morgan fingerprint density at radius 1 is 1.38 bits per heavy atom. The lowest BCUT2D eigenvalue weighted by Gasteiger charge is -2.22. The lowest BCUT2D eigenvalue weighted by atomic mass is 10.2. The van der Waals surface area contributed by atoms with Crippen LogP contribution in [0.4, 0.5) is 5.69 Å². The van der Waals surface area contributed by atoms with Gasteiger partial charge in [-0.15, -0.1) is 0 Å². The van der Waals surface area contributed by atoms with E-state index in [9.17, 15) is 13.2 Å². The summed E-state index contributed by atoms with van der Waals surface area (Å²) < 4.78 is 35.7. The third-order valence-corrected chi connectivity index (χ3v) is 5.05. The lowest BCUT2D eigenvalue weighted by Crippen LogP contribution is -2.36. The van der Waals surface area contributed by atoms with Crippen molar-refractivity contribution in [1.29, 1.82) is 0 Å². The number of ether oxygens (including phenoxy) is 2. The summed E-state index contributed by atoms with van der Waals surface area (Å²) >= 11 is 0. The summed E-state index contributed by atoms with van der Waals surface area (Å²) in [6.07, 6.45) is 3.25. The molecule has 1 saturated heterocycles. The van der Waals surface area contributed by atoms with Gasteiger partial charge >= 0.3 is 0 Å². The van der Waals surface area contributed by atoms with E-state index in [0.29, 0.717) is 18.0 Å². The number of sulfonamides is 1. The number of carbonyl (C=O) groups is 1. The Labute approximate surface area is 143 Å². The summed E-state index contributed by atoms with van der Waals surface area (Å²) in [4.78, 5) is 12.0. The molecule has 1 fully saturated rings. The Bertz CT molecular complexity index is 639. The van der Waals surface area contributed by atoms with Crippen LogP contribution in [0.5, 0.6) is 5.75 Å². The highest BCUT2D eigenvalue weighted by atomic mass is 32.2. The fourth-order valence-corrected chi connectivity index (χ4v) is 3.49. The maximum absolute atomic E-state index is 12.0. The van der Waals surface area contributed by atoms with Crippen LogP contribution < -0.4 is 14.4 Å². The van der Waals surface area contributed by atoms with Gasteiger partial charge in [0.05, 0.1) is 25.2 Å². The molecule has 1 aromatic rings. The van der Waals surface area contributed by atoms with E-state index in [1.807, 2.05) is 0 Å². The molecule has 0 aromatic heterocycles. The van der Waals surface area contributed by atoms with Gasteiger partial charge in [-0.05, 0) is 37.1 Å². The normalized spacial score (nSPS) is 17.5. The minimum atomic E-state index is -3.48. The fourth-order valence-electron chi connectivity index (χ4n) is 2.56. The predicted molar refractivity (Wildman–Crippen MR) is 91.8 cm³/mol. The molecular formula is C16H24N2O5S. The number of nitrogens with zero attached hydrogens (tertiary/aromatic N) is 1. The third-order valence-electron chi connectivity index (χ3n) is 3.85. The zero-order valence-electron chi connectivity index (χ0n) is 14.0. The van der Waals surface area contributed by atoms with E-state index >= 15 is 0 Å². The van der Waals surface area contributed by atoms with Gasteiger partial charge in [-0.25, -0.2) is 8.42 Å². The van der Waals surface area contributed by atoms with Crippen LogP contribution >= 0.6 is 0 Å². The largest absolute Gasteiger partial charge is 0.497 e. The maximum Gasteiger partial charge on any atom is 0.232 e. The Balaban J connectivity index is 1.92. The van der Waals surface area contributed by atoms with Gasteiger partial charge in [0.2, 0.25) is 15.9 Å². The Morgan fingerprint density at radius 2 is 2.08 bits per heavy atom. The van der Waals surface area contributed by atoms with Crippen molar-refractivity contribution >= 4 is 21.6 Å². The van der Waals surface area contributed by atoms with E-state index < -0.39 is 10.0 Å². The van der Waals surface area contributed by atoms with E-state index in [2.05, 4.69) is 5.32 Å². The molecule has 1 aromatic carbocycles. The van der Waals surface area contributed by atoms with Crippen molar-refractivity contribution in [2.75, 3.05) is 37.4 Å². The SMILES string of the molecule is COc1ccc(N(CCC(=O)NCC2CCCO2)S(C)(=O)=O)cc1. The second-order valence-corrected chi connectivity index (χ2v) is 7.63. The van der Waals surface area contributed by atoms with Crippen LogP contribution in [0.15, 0.2) is 24.3 Å². The summed E-state index contributed by atoms with van der Waals surface area (Å²) in [5.74, 6) is 0.453. The summed E-state index contributed by atoms with van der Waals surface area (Å²) in [5, 5.41) is 2.80. The first kappa shape index (κ1) is 18.5. The molecule has 1 amide bonds. The molecule has 0 spiro atoms. The molecule has 0 bridgehead atoms. The zero-order valence-corrected chi connectivity index (χ0v) is 14.8. The minimum Gasteiger partial charge on any atom is -0.497 e. The molecule has 0 saturated carbocycles. The Morgan fingerprint density at radius 3 is 2.62 bits per heavy atom. The quantitative estimate of drug-likeness (QED) is 0.755. The smallest absolute Gasteiger partial charge is 0.232 e. The molecule has 0 aliphatic carbocycles. The van der Waals surface area contributed by atoms with Gasteiger partial charge in [-0.1, -0.05) is 0 Å². The number of methoxy groups -OCH3 is 1. The molecule has 1 aliphatic rings. The first-order valence-electron chi connectivity index (χ1n) is 7.90. The first-order valence-corrected chi connectivity index (χ1v) is 9.75. The molecular weight excluding hydrogens is 332 g/mol. The number of carbonyl (C=O) groups excluding carboxylic acids is 1. The van der Waals surface area contributed by atoms with Crippen molar-refractivity contribution in [2.24, 2.45) is 0 Å². The van der Waals surface area contributed by atoms with Crippen molar-refractivity contribution in [2.45, 2.75) is 25.4 Å². The van der Waals surface area contributed by atoms with E-state index in [1.165, 1.54) is 4.31 Å². The van der Waals surface area contributed by atoms with Crippen molar-refractivity contribution in [1.82, 2.24) is 5.32 Å². The van der Waals surface area contributed by atoms with Crippen LogP contribution in [0.1, 0.15) is 19.3 Å². The van der Waals surface area contributed by atoms with Crippen LogP contribution in [0.2, 0.25) is 0 Å². The molecule has 1 unspecified atom stereocenters. The molecule has 8 heteroatoms. The van der Waals surface area contributed by atoms with E-state index in [0.717, 1.165) is 25.7 Å². The molecule has 2 rings (SSSR count). The number of nitrogens with one attached hydrogen (secondary N) is 1. The molecule has 1 N–H and O–H groups in total. The van der Waals surface area contributed by atoms with E-state index in [4.69, 9.17) is 9.47 Å². The first-order chi connectivity index (χ1) is 11.4. The minimum absolute atomic E-state index is 0.0709. The number of hydrogen-bond donors (Lipinski definition) is 1. The molecule has 1 aliphatic heterocycles. The van der Waals surface area contributed by atoms with Crippen LogP contribution in [0.3, 0.4) is 0 Å². The fraction of sp³-hybridized carbons (Fsp3) is 0.562. The highest BCUT2D eigenvalue weighted by Gasteiger charge is 2.20. The topological polar surface area (TPSA) is 84.9 Å². The zero-order chi connectivity index (χ0) is 17.6. The summed E-state index contributed by atoms with van der Waals surface area (Å²) in [6.45, 7) is 1.29. The molecule has 134 valence electrons. The molecule has 1 heterocycles. The standard InChI is InChI=1S/C16H24N2O5S/c1-22-14-7-5-13(6-8-14)18(24(2,20)21)10-9-16(19)17-12-15-4-3-11-23-15/h5-8,15H,3-4,9-12H2,1-2H3,(H,17,19). The molecule has 7 nitrogen and oxygen atoms in total. The molecule has 0 radical (unpaired) electrons. The van der Waals surface area contributed by atoms with Crippen LogP contribution in [0, 0.1) is 0 Å². The predicted octanol–water partition coefficient (Wildman–Crippen LogP) is 1.15. The van der Waals surface area contributed by atoms with Crippen LogP contribution in [0.25, 0.3) is 0 Å². The number of hydrogen-bond acceptors (Lipinski definition) is 5. The number of anilines is 1. The summed E-state index contributed by atoms with van der Waals surface area (Å²) in [6, 6.07) is 6.68. The van der Waals surface area contributed by atoms with Crippen molar-refractivity contribution in [3.05, 3.63) is 24.3 Å². The van der Waals surface area contributed by atoms with Crippen LogP contribution in [-0.4, -0.2) is 53.5 Å². The van der Waals surface area contributed by atoms with Gasteiger partial charge in [0.25, 0.3) is 0 Å². The van der Waals surface area contributed by atoms with Gasteiger partial charge in [-0.3, -0.25) is 9.10 Å². The maximum atomic E-state index is 12.0. The number of amides is 1. The van der Waals surface area contributed by atoms with Gasteiger partial charge in [0.1, 0.15) is 5.75 Å². The Kier molecular flexibility index (Phi) is 6.44. The average molecular weight is 356 g/mol. The van der Waals surface area contributed by atoms with Crippen molar-refractivity contribution in [3.8, 4) is 5.75 Å². The highest BCUT2D eigenvalue weighted by molar-refractivity contribution is 7.92. The lowest BCUT2D eigenvalue weighted by molar-refractivity contribution is -0.121. The van der Waals surface area contributed by atoms with Gasteiger partial charge < -0.3 is 14.8 Å². The third kappa shape index (κ3) is 5.38. The average Bonchev–Trinajstić information content (AvgIpc) is 3.06. The second kappa shape index (κ2) is 8.34. The van der Waals surface area contributed by atoms with Crippen molar-refractivity contribution < 1.29 is 22.7 Å². The van der Waals surface area contributed by atoms with Gasteiger partial charge in [-0.2, -0.15) is 0 Å². The van der Waals surface area contributed by atoms with Crippen LogP contribution in [-0.2, 0) is 19.6 Å². The van der Waals surface area contributed by atoms with E-state index in [1.54, 1.807) is 31.4 Å².